The van der Waals surface area contributed by atoms with E-state index in [4.69, 9.17) is 4.74 Å². The normalized spacial score (nSPS) is 15.4. The van der Waals surface area contributed by atoms with Crippen LogP contribution >= 0.6 is 0 Å². The van der Waals surface area contributed by atoms with Gasteiger partial charge in [0.25, 0.3) is 11.8 Å². The molecule has 8 heteroatoms. The van der Waals surface area contributed by atoms with Crippen molar-refractivity contribution in [1.82, 2.24) is 5.32 Å². The highest BCUT2D eigenvalue weighted by Gasteiger charge is 2.43. The van der Waals surface area contributed by atoms with Crippen molar-refractivity contribution in [2.24, 2.45) is 0 Å². The molecule has 0 bridgehead atoms. The fraction of sp³-hybridized carbons (Fsp3) is 0.273. The second kappa shape index (κ2) is 8.36. The van der Waals surface area contributed by atoms with Crippen LogP contribution in [0.3, 0.4) is 0 Å². The Morgan fingerprint density at radius 2 is 1.70 bits per heavy atom. The number of hydrogen-bond donors (Lipinski definition) is 2. The number of nitrogens with zero attached hydrogens (tertiary/aromatic N) is 1. The average Bonchev–Trinajstić information content (AvgIpc) is 2.73. The SMILES string of the molecule is C[C@H](NC(=O)c1ccccc1)C(=O)OCC(=O)N1c2ccccc2NC(=O)C1(C)C. The Balaban J connectivity index is 1.65. The molecule has 3 rings (SSSR count). The van der Waals surface area contributed by atoms with Gasteiger partial charge in [-0.1, -0.05) is 30.3 Å². The summed E-state index contributed by atoms with van der Waals surface area (Å²) in [5.74, 6) is -2.06. The summed E-state index contributed by atoms with van der Waals surface area (Å²) in [6.07, 6.45) is 0. The number of esters is 1. The van der Waals surface area contributed by atoms with Crippen LogP contribution in [0.1, 0.15) is 31.1 Å². The van der Waals surface area contributed by atoms with E-state index in [-0.39, 0.29) is 5.91 Å². The second-order valence-corrected chi connectivity index (χ2v) is 7.43. The molecule has 0 aliphatic carbocycles. The average molecular weight is 409 g/mol. The Morgan fingerprint density at radius 1 is 1.07 bits per heavy atom. The van der Waals surface area contributed by atoms with Crippen molar-refractivity contribution < 1.29 is 23.9 Å². The number of carbonyl (C=O) groups excluding carboxylic acids is 4. The van der Waals surface area contributed by atoms with E-state index in [2.05, 4.69) is 10.6 Å². The summed E-state index contributed by atoms with van der Waals surface area (Å²) >= 11 is 0. The maximum absolute atomic E-state index is 12.9. The molecule has 0 saturated heterocycles. The molecular formula is C22H23N3O5. The number of carbonyl (C=O) groups is 4. The molecule has 30 heavy (non-hydrogen) atoms. The number of anilines is 2. The van der Waals surface area contributed by atoms with E-state index >= 15 is 0 Å². The van der Waals surface area contributed by atoms with Gasteiger partial charge >= 0.3 is 5.97 Å². The zero-order valence-corrected chi connectivity index (χ0v) is 17.0. The van der Waals surface area contributed by atoms with Crippen LogP contribution in [0.15, 0.2) is 54.6 Å². The van der Waals surface area contributed by atoms with Crippen molar-refractivity contribution in [3.63, 3.8) is 0 Å². The van der Waals surface area contributed by atoms with Crippen molar-refractivity contribution in [2.45, 2.75) is 32.4 Å². The molecule has 156 valence electrons. The molecule has 2 aromatic rings. The van der Waals surface area contributed by atoms with Gasteiger partial charge in [-0.15, -0.1) is 0 Å². The first-order valence-electron chi connectivity index (χ1n) is 9.48. The van der Waals surface area contributed by atoms with Crippen LogP contribution in [-0.2, 0) is 19.1 Å². The van der Waals surface area contributed by atoms with Gasteiger partial charge in [-0.3, -0.25) is 19.3 Å². The third kappa shape index (κ3) is 4.17. The molecule has 0 unspecified atom stereocenters. The first kappa shape index (κ1) is 21.0. The number of amides is 3. The first-order valence-corrected chi connectivity index (χ1v) is 9.48. The lowest BCUT2D eigenvalue weighted by Crippen LogP contribution is -2.59. The second-order valence-electron chi connectivity index (χ2n) is 7.43. The van der Waals surface area contributed by atoms with E-state index in [0.717, 1.165) is 0 Å². The third-order valence-electron chi connectivity index (χ3n) is 4.83. The number of para-hydroxylation sites is 2. The van der Waals surface area contributed by atoms with Crippen LogP contribution in [0.4, 0.5) is 11.4 Å². The highest BCUT2D eigenvalue weighted by atomic mass is 16.5. The lowest BCUT2D eigenvalue weighted by Gasteiger charge is -2.41. The van der Waals surface area contributed by atoms with Crippen molar-refractivity contribution >= 4 is 35.1 Å². The Kier molecular flexibility index (Phi) is 5.86. The number of benzene rings is 2. The summed E-state index contributed by atoms with van der Waals surface area (Å²) in [4.78, 5) is 51.1. The van der Waals surface area contributed by atoms with Gasteiger partial charge in [0.1, 0.15) is 11.6 Å². The Labute approximate surface area is 174 Å². The molecule has 0 aromatic heterocycles. The molecule has 1 aliphatic heterocycles. The van der Waals surface area contributed by atoms with Crippen molar-refractivity contribution in [3.8, 4) is 0 Å². The summed E-state index contributed by atoms with van der Waals surface area (Å²) in [7, 11) is 0. The first-order chi connectivity index (χ1) is 14.2. The minimum absolute atomic E-state index is 0.343. The molecule has 1 aliphatic rings. The Morgan fingerprint density at radius 3 is 2.40 bits per heavy atom. The van der Waals surface area contributed by atoms with Crippen LogP contribution in [0, 0.1) is 0 Å². The molecular weight excluding hydrogens is 386 g/mol. The van der Waals surface area contributed by atoms with Crippen molar-refractivity contribution in [3.05, 3.63) is 60.2 Å². The topological polar surface area (TPSA) is 105 Å². The van der Waals surface area contributed by atoms with E-state index in [9.17, 15) is 19.2 Å². The lowest BCUT2D eigenvalue weighted by molar-refractivity contribution is -0.149. The van der Waals surface area contributed by atoms with Gasteiger partial charge in [-0.2, -0.15) is 0 Å². The molecule has 0 spiro atoms. The van der Waals surface area contributed by atoms with Crippen LogP contribution in [-0.4, -0.2) is 41.9 Å². The molecule has 3 amide bonds. The predicted octanol–water partition coefficient (Wildman–Crippen LogP) is 2.11. The van der Waals surface area contributed by atoms with Gasteiger partial charge in [-0.05, 0) is 45.0 Å². The highest BCUT2D eigenvalue weighted by molar-refractivity contribution is 6.14. The van der Waals surface area contributed by atoms with Gasteiger partial charge < -0.3 is 15.4 Å². The minimum Gasteiger partial charge on any atom is -0.454 e. The number of fused-ring (bicyclic) bond motifs is 1. The number of nitrogens with one attached hydrogen (secondary N) is 2. The molecule has 2 aromatic carbocycles. The Bertz CT molecular complexity index is 987. The van der Waals surface area contributed by atoms with Gasteiger partial charge in [0.05, 0.1) is 11.4 Å². The van der Waals surface area contributed by atoms with Crippen LogP contribution in [0.25, 0.3) is 0 Å². The fourth-order valence-electron chi connectivity index (χ4n) is 3.15. The predicted molar refractivity (Wildman–Crippen MR) is 111 cm³/mol. The monoisotopic (exact) mass is 409 g/mol. The fourth-order valence-corrected chi connectivity index (χ4v) is 3.15. The molecule has 1 heterocycles. The van der Waals surface area contributed by atoms with Crippen LogP contribution < -0.4 is 15.5 Å². The summed E-state index contributed by atoms with van der Waals surface area (Å²) in [6, 6.07) is 14.4. The summed E-state index contributed by atoms with van der Waals surface area (Å²) in [5.41, 5.74) is 0.273. The van der Waals surface area contributed by atoms with Gasteiger partial charge in [-0.25, -0.2) is 4.79 Å². The maximum Gasteiger partial charge on any atom is 0.328 e. The summed E-state index contributed by atoms with van der Waals surface area (Å²) < 4.78 is 5.12. The molecule has 0 saturated carbocycles. The molecule has 8 nitrogen and oxygen atoms in total. The minimum atomic E-state index is -1.16. The molecule has 1 atom stereocenters. The van der Waals surface area contributed by atoms with E-state index in [0.29, 0.717) is 16.9 Å². The van der Waals surface area contributed by atoms with Gasteiger partial charge in [0, 0.05) is 5.56 Å². The van der Waals surface area contributed by atoms with Gasteiger partial charge in [0.15, 0.2) is 6.61 Å². The van der Waals surface area contributed by atoms with E-state index in [1.54, 1.807) is 68.4 Å². The number of ether oxygens (including phenoxy) is 1. The largest absolute Gasteiger partial charge is 0.454 e. The standard InChI is InChI=1S/C22H23N3O5/c1-14(23-19(27)15-9-5-4-6-10-15)20(28)30-13-18(26)25-17-12-8-7-11-16(17)24-21(29)22(25,2)3/h4-12,14H,13H2,1-3H3,(H,23,27)(H,24,29)/t14-/m0/s1. The van der Waals surface area contributed by atoms with E-state index in [1.807, 2.05) is 0 Å². The van der Waals surface area contributed by atoms with Crippen molar-refractivity contribution in [1.29, 1.82) is 0 Å². The zero-order chi connectivity index (χ0) is 21.9. The number of rotatable bonds is 5. The van der Waals surface area contributed by atoms with E-state index in [1.165, 1.54) is 11.8 Å². The molecule has 0 radical (unpaired) electrons. The zero-order valence-electron chi connectivity index (χ0n) is 17.0. The Hall–Kier alpha value is -3.68. The molecule has 2 N–H and O–H groups in total. The maximum atomic E-state index is 12.9. The highest BCUT2D eigenvalue weighted by Crippen LogP contribution is 2.36. The van der Waals surface area contributed by atoms with E-state index < -0.39 is 36.0 Å². The third-order valence-corrected chi connectivity index (χ3v) is 4.83. The quantitative estimate of drug-likeness (QED) is 0.736. The lowest BCUT2D eigenvalue weighted by atomic mass is 9.96. The number of hydrogen-bond acceptors (Lipinski definition) is 5. The molecule has 0 fully saturated rings. The van der Waals surface area contributed by atoms with Crippen LogP contribution in [0.2, 0.25) is 0 Å². The van der Waals surface area contributed by atoms with Crippen molar-refractivity contribution in [2.75, 3.05) is 16.8 Å². The smallest absolute Gasteiger partial charge is 0.328 e. The van der Waals surface area contributed by atoms with Gasteiger partial charge in [0.2, 0.25) is 5.91 Å². The van der Waals surface area contributed by atoms with Crippen LogP contribution in [0.5, 0.6) is 0 Å². The summed E-state index contributed by atoms with van der Waals surface area (Å²) in [5, 5.41) is 5.30. The summed E-state index contributed by atoms with van der Waals surface area (Å²) in [6.45, 7) is 4.14.